The van der Waals surface area contributed by atoms with Crippen molar-refractivity contribution >= 4 is 34.3 Å². The van der Waals surface area contributed by atoms with Crippen molar-refractivity contribution in [2.24, 2.45) is 0 Å². The number of Topliss-reactive ketones (excluding diaryl/α,β-unsaturated/α-hetero) is 1. The monoisotopic (exact) mass is 410 g/mol. The molecule has 0 radical (unpaired) electrons. The van der Waals surface area contributed by atoms with Gasteiger partial charge in [0.2, 0.25) is 17.7 Å². The Balaban J connectivity index is 3.30. The van der Waals surface area contributed by atoms with Gasteiger partial charge in [0.25, 0.3) is 0 Å². The Morgan fingerprint density at radius 3 is 2.52 bits per heavy atom. The molecule has 0 atom stereocenters. The molecule has 0 amide bonds. The molecular formula is C13H13F2IN2O3. The van der Waals surface area contributed by atoms with Gasteiger partial charge in [-0.05, 0) is 35.6 Å². The van der Waals surface area contributed by atoms with Crippen molar-refractivity contribution in [3.05, 3.63) is 38.9 Å². The quantitative estimate of drug-likeness (QED) is 0.142. The van der Waals surface area contributed by atoms with Crippen LogP contribution in [0.15, 0.2) is 17.8 Å². The highest BCUT2D eigenvalue weighted by Crippen LogP contribution is 2.18. The molecule has 0 N–H and O–H groups in total. The van der Waals surface area contributed by atoms with E-state index in [1.165, 1.54) is 11.1 Å². The summed E-state index contributed by atoms with van der Waals surface area (Å²) < 4.78 is 31.5. The van der Waals surface area contributed by atoms with E-state index < -0.39 is 29.2 Å². The Labute approximate surface area is 134 Å². The Morgan fingerprint density at radius 1 is 1.38 bits per heavy atom. The van der Waals surface area contributed by atoms with Gasteiger partial charge in [0.15, 0.2) is 0 Å². The van der Waals surface area contributed by atoms with E-state index in [1.54, 1.807) is 43.6 Å². The summed E-state index contributed by atoms with van der Waals surface area (Å²) in [5, 5.41) is 0. The number of nitrogens with zero attached hydrogens (tertiary/aromatic N) is 2. The molecule has 1 aromatic rings. The predicted molar refractivity (Wildman–Crippen MR) is 79.6 cm³/mol. The van der Waals surface area contributed by atoms with Crippen LogP contribution in [0.4, 0.5) is 8.78 Å². The molecular weight excluding hydrogens is 397 g/mol. The van der Waals surface area contributed by atoms with E-state index in [0.717, 1.165) is 6.07 Å². The van der Waals surface area contributed by atoms with Crippen LogP contribution in [-0.4, -0.2) is 42.3 Å². The molecule has 5 nitrogen and oxygen atoms in total. The molecule has 1 rings (SSSR count). The van der Waals surface area contributed by atoms with Gasteiger partial charge in [-0.15, -0.1) is 0 Å². The van der Waals surface area contributed by atoms with Gasteiger partial charge in [-0.2, -0.15) is 13.8 Å². The zero-order valence-corrected chi connectivity index (χ0v) is 13.8. The SMILES string of the molecule is CCOC(=O)/C(=C\N(C)C)C(=O)c1cc(I)c(F)nc1F. The van der Waals surface area contributed by atoms with Crippen molar-refractivity contribution < 1.29 is 23.1 Å². The van der Waals surface area contributed by atoms with Crippen molar-refractivity contribution in [1.29, 1.82) is 0 Å². The number of esters is 1. The fraction of sp³-hybridized carbons (Fsp3) is 0.308. The van der Waals surface area contributed by atoms with Gasteiger partial charge in [-0.25, -0.2) is 4.79 Å². The first-order chi connectivity index (χ1) is 9.77. The number of ether oxygens (including phenoxy) is 1. The molecule has 0 bridgehead atoms. The molecule has 114 valence electrons. The normalized spacial score (nSPS) is 11.2. The van der Waals surface area contributed by atoms with Gasteiger partial charge in [0.05, 0.1) is 15.7 Å². The highest BCUT2D eigenvalue weighted by Gasteiger charge is 2.26. The molecule has 0 aliphatic rings. The number of aromatic nitrogens is 1. The van der Waals surface area contributed by atoms with Crippen LogP contribution in [0.2, 0.25) is 0 Å². The second-order valence-electron chi connectivity index (χ2n) is 4.16. The first kappa shape index (κ1) is 17.5. The predicted octanol–water partition coefficient (Wildman–Crippen LogP) is 2.16. The Hall–Kier alpha value is -1.58. The third-order valence-corrected chi connectivity index (χ3v) is 3.02. The molecule has 1 heterocycles. The number of hydrogen-bond donors (Lipinski definition) is 0. The number of ketones is 1. The smallest absolute Gasteiger partial charge is 0.343 e. The molecule has 21 heavy (non-hydrogen) atoms. The largest absolute Gasteiger partial charge is 0.462 e. The van der Waals surface area contributed by atoms with Crippen LogP contribution < -0.4 is 0 Å². The van der Waals surface area contributed by atoms with Crippen molar-refractivity contribution in [3.8, 4) is 0 Å². The zero-order valence-electron chi connectivity index (χ0n) is 11.6. The average molecular weight is 410 g/mol. The molecule has 0 saturated carbocycles. The zero-order chi connectivity index (χ0) is 16.2. The second kappa shape index (κ2) is 7.43. The topological polar surface area (TPSA) is 59.5 Å². The summed E-state index contributed by atoms with van der Waals surface area (Å²) in [6.07, 6.45) is 1.22. The third kappa shape index (κ3) is 4.45. The Kier molecular flexibility index (Phi) is 6.19. The first-order valence-electron chi connectivity index (χ1n) is 5.89. The fourth-order valence-corrected chi connectivity index (χ4v) is 1.85. The summed E-state index contributed by atoms with van der Waals surface area (Å²) >= 11 is 1.58. The molecule has 0 saturated heterocycles. The molecule has 0 spiro atoms. The van der Waals surface area contributed by atoms with E-state index in [9.17, 15) is 18.4 Å². The van der Waals surface area contributed by atoms with E-state index in [-0.39, 0.29) is 15.8 Å². The fourth-order valence-electron chi connectivity index (χ4n) is 1.42. The maximum absolute atomic E-state index is 13.7. The van der Waals surface area contributed by atoms with Crippen molar-refractivity contribution in [1.82, 2.24) is 9.88 Å². The minimum absolute atomic E-state index is 0.0228. The number of pyridine rings is 1. The third-order valence-electron chi connectivity index (χ3n) is 2.26. The molecule has 0 aliphatic carbocycles. The van der Waals surface area contributed by atoms with Crippen LogP contribution in [0, 0.1) is 15.5 Å². The number of carbonyl (C=O) groups is 2. The van der Waals surface area contributed by atoms with Crippen molar-refractivity contribution in [2.45, 2.75) is 6.92 Å². The van der Waals surface area contributed by atoms with E-state index in [1.807, 2.05) is 0 Å². The number of halogens is 3. The molecule has 0 aliphatic heterocycles. The minimum Gasteiger partial charge on any atom is -0.462 e. The summed E-state index contributed by atoms with van der Waals surface area (Å²) in [4.78, 5) is 28.5. The summed E-state index contributed by atoms with van der Waals surface area (Å²) in [7, 11) is 3.19. The van der Waals surface area contributed by atoms with Crippen LogP contribution in [0.1, 0.15) is 17.3 Å². The Morgan fingerprint density at radius 2 is 2.00 bits per heavy atom. The number of hydrogen-bond acceptors (Lipinski definition) is 5. The summed E-state index contributed by atoms with van der Waals surface area (Å²) in [5.74, 6) is -4.08. The van der Waals surface area contributed by atoms with Crippen LogP contribution in [0.25, 0.3) is 0 Å². The van der Waals surface area contributed by atoms with Gasteiger partial charge in [-0.1, -0.05) is 0 Å². The van der Waals surface area contributed by atoms with Crippen LogP contribution in [-0.2, 0) is 9.53 Å². The van der Waals surface area contributed by atoms with E-state index in [0.29, 0.717) is 0 Å². The van der Waals surface area contributed by atoms with Gasteiger partial charge in [0, 0.05) is 20.3 Å². The van der Waals surface area contributed by atoms with Crippen LogP contribution in [0.5, 0.6) is 0 Å². The van der Waals surface area contributed by atoms with E-state index in [2.05, 4.69) is 4.98 Å². The lowest BCUT2D eigenvalue weighted by atomic mass is 10.1. The maximum atomic E-state index is 13.7. The lowest BCUT2D eigenvalue weighted by Gasteiger charge is -2.11. The lowest BCUT2D eigenvalue weighted by molar-refractivity contribution is -0.138. The molecule has 0 fully saturated rings. The summed E-state index contributed by atoms with van der Waals surface area (Å²) in [5.41, 5.74) is -0.841. The molecule has 0 unspecified atom stereocenters. The van der Waals surface area contributed by atoms with Gasteiger partial charge in [0.1, 0.15) is 5.57 Å². The summed E-state index contributed by atoms with van der Waals surface area (Å²) in [6.45, 7) is 1.65. The molecule has 1 aromatic heterocycles. The molecule has 0 aromatic carbocycles. The van der Waals surface area contributed by atoms with Gasteiger partial charge < -0.3 is 9.64 Å². The Bertz CT molecular complexity index is 603. The van der Waals surface area contributed by atoms with Crippen LogP contribution >= 0.6 is 22.6 Å². The maximum Gasteiger partial charge on any atom is 0.343 e. The van der Waals surface area contributed by atoms with Crippen molar-refractivity contribution in [2.75, 3.05) is 20.7 Å². The highest BCUT2D eigenvalue weighted by molar-refractivity contribution is 14.1. The molecule has 8 heteroatoms. The second-order valence-corrected chi connectivity index (χ2v) is 5.32. The first-order valence-corrected chi connectivity index (χ1v) is 6.97. The number of rotatable bonds is 5. The highest BCUT2D eigenvalue weighted by atomic mass is 127. The van der Waals surface area contributed by atoms with Crippen LogP contribution in [0.3, 0.4) is 0 Å². The minimum atomic E-state index is -1.27. The lowest BCUT2D eigenvalue weighted by Crippen LogP contribution is -2.21. The van der Waals surface area contributed by atoms with E-state index in [4.69, 9.17) is 4.74 Å². The summed E-state index contributed by atoms with van der Waals surface area (Å²) in [6, 6.07) is 1.00. The number of carbonyl (C=O) groups excluding carboxylic acids is 2. The van der Waals surface area contributed by atoms with Gasteiger partial charge >= 0.3 is 5.97 Å². The van der Waals surface area contributed by atoms with E-state index >= 15 is 0 Å². The van der Waals surface area contributed by atoms with Gasteiger partial charge in [-0.3, -0.25) is 4.79 Å². The average Bonchev–Trinajstić information content (AvgIpc) is 2.39. The standard InChI is InChI=1S/C13H13F2IN2O3/c1-4-21-13(20)8(6-18(2)3)10(19)7-5-9(16)12(15)17-11(7)14/h5-6H,4H2,1-3H3/b8-6-. The van der Waals surface area contributed by atoms with Crippen molar-refractivity contribution in [3.63, 3.8) is 0 Å².